The van der Waals surface area contributed by atoms with E-state index < -0.39 is 5.60 Å². The fourth-order valence-corrected chi connectivity index (χ4v) is 3.77. The molecule has 2 atom stereocenters. The predicted molar refractivity (Wildman–Crippen MR) is 106 cm³/mol. The summed E-state index contributed by atoms with van der Waals surface area (Å²) in [5.41, 5.74) is 0.503. The molecule has 1 amide bonds. The van der Waals surface area contributed by atoms with Gasteiger partial charge in [-0.15, -0.1) is 0 Å². The molecule has 0 bridgehead atoms. The number of amides is 1. The van der Waals surface area contributed by atoms with Crippen LogP contribution in [0.4, 0.5) is 0 Å². The van der Waals surface area contributed by atoms with Crippen molar-refractivity contribution in [3.05, 3.63) is 58.3 Å². The van der Waals surface area contributed by atoms with Crippen LogP contribution in [0.2, 0.25) is 0 Å². The lowest BCUT2D eigenvalue weighted by Gasteiger charge is -2.55. The van der Waals surface area contributed by atoms with E-state index in [1.807, 2.05) is 30.3 Å². The summed E-state index contributed by atoms with van der Waals surface area (Å²) in [7, 11) is 4.68. The Balaban J connectivity index is 2.01. The molecule has 1 fully saturated rings. The van der Waals surface area contributed by atoms with E-state index in [0.717, 1.165) is 10.0 Å². The van der Waals surface area contributed by atoms with E-state index in [9.17, 15) is 4.79 Å². The number of carbonyl (C=O) groups excluding carboxylic acids is 1. The molecule has 1 aromatic heterocycles. The van der Waals surface area contributed by atoms with Crippen LogP contribution in [0, 0.1) is 0 Å². The summed E-state index contributed by atoms with van der Waals surface area (Å²) < 4.78 is 22.6. The van der Waals surface area contributed by atoms with Crippen molar-refractivity contribution in [3.8, 4) is 5.75 Å². The van der Waals surface area contributed by atoms with Crippen molar-refractivity contribution in [1.29, 1.82) is 0 Å². The fraction of sp³-hybridized carbons (Fsp3) is 0.400. The Morgan fingerprint density at radius 3 is 2.54 bits per heavy atom. The van der Waals surface area contributed by atoms with Gasteiger partial charge in [0.25, 0.3) is 5.91 Å². The molecule has 7 nitrogen and oxygen atoms in total. The van der Waals surface area contributed by atoms with Gasteiger partial charge < -0.3 is 23.8 Å². The number of pyridine rings is 1. The first-order valence-corrected chi connectivity index (χ1v) is 9.52. The molecule has 150 valence electrons. The van der Waals surface area contributed by atoms with Gasteiger partial charge in [0.15, 0.2) is 5.60 Å². The van der Waals surface area contributed by atoms with Gasteiger partial charge in [-0.2, -0.15) is 0 Å². The lowest BCUT2D eigenvalue weighted by Crippen LogP contribution is -2.71. The van der Waals surface area contributed by atoms with Crippen LogP contribution in [-0.4, -0.2) is 56.2 Å². The second kappa shape index (κ2) is 9.00. The largest absolute Gasteiger partial charge is 0.497 e. The molecule has 1 aliphatic heterocycles. The van der Waals surface area contributed by atoms with Crippen molar-refractivity contribution in [2.24, 2.45) is 0 Å². The average Bonchev–Trinajstić information content (AvgIpc) is 2.72. The normalized spacial score (nSPS) is 21.5. The minimum absolute atomic E-state index is 0.0104. The van der Waals surface area contributed by atoms with Crippen LogP contribution in [0.25, 0.3) is 0 Å². The minimum atomic E-state index is -1.14. The van der Waals surface area contributed by atoms with Crippen LogP contribution in [0.3, 0.4) is 0 Å². The number of hydrogen-bond acceptors (Lipinski definition) is 6. The van der Waals surface area contributed by atoms with Crippen molar-refractivity contribution in [2.45, 2.75) is 18.1 Å². The summed E-state index contributed by atoms with van der Waals surface area (Å²) >= 11 is 3.45. The summed E-state index contributed by atoms with van der Waals surface area (Å²) in [6.45, 7) is 0.159. The number of β-lactam (4-membered cyclic amide) rings is 1. The number of ether oxygens (including phenoxy) is 4. The first kappa shape index (κ1) is 20.7. The highest BCUT2D eigenvalue weighted by Crippen LogP contribution is 2.48. The van der Waals surface area contributed by atoms with E-state index in [4.69, 9.17) is 18.9 Å². The molecular weight excluding hydrogens is 428 g/mol. The Hall–Kier alpha value is -2.00. The Bertz CT molecular complexity index is 816. The van der Waals surface area contributed by atoms with Crippen LogP contribution in [0.15, 0.2) is 47.1 Å². The molecule has 8 heteroatoms. The van der Waals surface area contributed by atoms with Crippen molar-refractivity contribution < 1.29 is 23.7 Å². The molecule has 2 heterocycles. The molecule has 28 heavy (non-hydrogen) atoms. The smallest absolute Gasteiger partial charge is 0.260 e. The minimum Gasteiger partial charge on any atom is -0.497 e. The van der Waals surface area contributed by atoms with Gasteiger partial charge in [-0.1, -0.05) is 28.1 Å². The maximum atomic E-state index is 13.2. The number of aromatic nitrogens is 1. The first-order chi connectivity index (χ1) is 13.6. The van der Waals surface area contributed by atoms with Gasteiger partial charge in [0.2, 0.25) is 0 Å². The summed E-state index contributed by atoms with van der Waals surface area (Å²) in [6.07, 6.45) is 1.94. The Labute approximate surface area is 172 Å². The molecule has 2 aromatic rings. The molecule has 0 spiro atoms. The third-order valence-electron chi connectivity index (χ3n) is 4.73. The van der Waals surface area contributed by atoms with Gasteiger partial charge in [0.05, 0.1) is 13.2 Å². The molecule has 1 saturated heterocycles. The summed E-state index contributed by atoms with van der Waals surface area (Å²) in [5, 5.41) is 0. The predicted octanol–water partition coefficient (Wildman–Crippen LogP) is 2.94. The van der Waals surface area contributed by atoms with Crippen molar-refractivity contribution in [2.75, 3.05) is 34.9 Å². The van der Waals surface area contributed by atoms with Crippen LogP contribution in [0.1, 0.15) is 17.3 Å². The highest BCUT2D eigenvalue weighted by Gasteiger charge is 2.62. The maximum Gasteiger partial charge on any atom is 0.260 e. The first-order valence-electron chi connectivity index (χ1n) is 8.73. The van der Waals surface area contributed by atoms with Gasteiger partial charge in [-0.05, 0) is 23.8 Å². The maximum absolute atomic E-state index is 13.2. The standard InChI is InChI=1S/C20H23BrN2O5/c1-25-12-23-18(14-4-6-15(21)7-5-14)20(19(23)24,28-13-26-2)11-16-10-17(27-3)8-9-22-16/h4-10,18H,11-13H2,1-3H3/t18-,20+/m0/s1. The molecule has 0 N–H and O–H groups in total. The summed E-state index contributed by atoms with van der Waals surface area (Å²) in [6, 6.07) is 11.0. The topological polar surface area (TPSA) is 70.1 Å². The average molecular weight is 451 g/mol. The number of hydrogen-bond donors (Lipinski definition) is 0. The van der Waals surface area contributed by atoms with Gasteiger partial charge >= 0.3 is 0 Å². The van der Waals surface area contributed by atoms with E-state index in [1.165, 1.54) is 7.11 Å². The number of nitrogens with zero attached hydrogens (tertiary/aromatic N) is 2. The Morgan fingerprint density at radius 2 is 1.89 bits per heavy atom. The molecule has 0 saturated carbocycles. The zero-order chi connectivity index (χ0) is 20.1. The lowest BCUT2D eigenvalue weighted by molar-refractivity contribution is -0.235. The molecular formula is C20H23BrN2O5. The van der Waals surface area contributed by atoms with E-state index >= 15 is 0 Å². The van der Waals surface area contributed by atoms with Crippen LogP contribution in [-0.2, 0) is 25.4 Å². The molecule has 3 rings (SSSR count). The molecule has 0 radical (unpaired) electrons. The van der Waals surface area contributed by atoms with Crippen molar-refractivity contribution in [1.82, 2.24) is 9.88 Å². The number of halogens is 1. The van der Waals surface area contributed by atoms with Gasteiger partial charge in [0.1, 0.15) is 19.3 Å². The van der Waals surface area contributed by atoms with Crippen LogP contribution >= 0.6 is 15.9 Å². The summed E-state index contributed by atoms with van der Waals surface area (Å²) in [4.78, 5) is 19.2. The quantitative estimate of drug-likeness (QED) is 0.432. The number of likely N-dealkylation sites (tertiary alicyclic amines) is 1. The zero-order valence-corrected chi connectivity index (χ0v) is 17.6. The third kappa shape index (κ3) is 3.91. The fourth-order valence-electron chi connectivity index (χ4n) is 3.51. The van der Waals surface area contributed by atoms with E-state index in [-0.39, 0.29) is 31.9 Å². The lowest BCUT2D eigenvalue weighted by atomic mass is 9.75. The SMILES string of the molecule is COCO[C@@]1(Cc2cc(OC)ccn2)C(=O)N(COC)[C@H]1c1ccc(Br)cc1. The Morgan fingerprint density at radius 1 is 1.14 bits per heavy atom. The molecule has 0 aliphatic carbocycles. The highest BCUT2D eigenvalue weighted by atomic mass is 79.9. The third-order valence-corrected chi connectivity index (χ3v) is 5.26. The molecule has 0 unspecified atom stereocenters. The van der Waals surface area contributed by atoms with Crippen LogP contribution < -0.4 is 4.74 Å². The van der Waals surface area contributed by atoms with Crippen LogP contribution in [0.5, 0.6) is 5.75 Å². The van der Waals surface area contributed by atoms with Gasteiger partial charge in [-0.3, -0.25) is 9.78 Å². The molecule has 1 aliphatic rings. The van der Waals surface area contributed by atoms with Gasteiger partial charge in [-0.25, -0.2) is 0 Å². The number of benzene rings is 1. The highest BCUT2D eigenvalue weighted by molar-refractivity contribution is 9.10. The molecule has 1 aromatic carbocycles. The zero-order valence-electron chi connectivity index (χ0n) is 16.1. The van der Waals surface area contributed by atoms with E-state index in [1.54, 1.807) is 31.4 Å². The number of methoxy groups -OCH3 is 3. The van der Waals surface area contributed by atoms with Crippen molar-refractivity contribution >= 4 is 21.8 Å². The van der Waals surface area contributed by atoms with Gasteiger partial charge in [0, 0.05) is 43.1 Å². The monoisotopic (exact) mass is 450 g/mol. The summed E-state index contributed by atoms with van der Waals surface area (Å²) in [5.74, 6) is 0.511. The number of rotatable bonds is 9. The van der Waals surface area contributed by atoms with E-state index in [0.29, 0.717) is 11.4 Å². The number of carbonyl (C=O) groups is 1. The second-order valence-electron chi connectivity index (χ2n) is 6.45. The second-order valence-corrected chi connectivity index (χ2v) is 7.37. The van der Waals surface area contributed by atoms with E-state index in [2.05, 4.69) is 20.9 Å². The van der Waals surface area contributed by atoms with Crippen molar-refractivity contribution in [3.63, 3.8) is 0 Å². The Kier molecular flexibility index (Phi) is 6.66.